The van der Waals surface area contributed by atoms with Gasteiger partial charge in [-0.2, -0.15) is 0 Å². The van der Waals surface area contributed by atoms with Crippen molar-refractivity contribution < 1.29 is 23.9 Å². The number of anilines is 2. The lowest BCUT2D eigenvalue weighted by atomic mass is 10.2. The Labute approximate surface area is 182 Å². The maximum absolute atomic E-state index is 12.2. The quantitative estimate of drug-likeness (QED) is 0.457. The smallest absolute Gasteiger partial charge is 0.338 e. The number of rotatable bonds is 10. The van der Waals surface area contributed by atoms with Gasteiger partial charge in [0, 0.05) is 24.3 Å². The third-order valence-electron chi connectivity index (χ3n) is 4.98. The van der Waals surface area contributed by atoms with Gasteiger partial charge in [0.1, 0.15) is 5.75 Å². The van der Waals surface area contributed by atoms with Gasteiger partial charge < -0.3 is 19.7 Å². The maximum Gasteiger partial charge on any atom is 0.338 e. The van der Waals surface area contributed by atoms with Crippen molar-refractivity contribution in [2.75, 3.05) is 30.0 Å². The van der Waals surface area contributed by atoms with Crippen LogP contribution in [0.2, 0.25) is 0 Å². The van der Waals surface area contributed by atoms with Crippen molar-refractivity contribution in [2.24, 2.45) is 0 Å². The normalized spacial score (nSPS) is 13.2. The molecule has 164 valence electrons. The number of ether oxygens (including phenoxy) is 2. The number of carbonyl (C=O) groups is 3. The van der Waals surface area contributed by atoms with E-state index in [1.165, 1.54) is 0 Å². The zero-order valence-electron chi connectivity index (χ0n) is 17.8. The summed E-state index contributed by atoms with van der Waals surface area (Å²) in [5, 5.41) is 2.68. The van der Waals surface area contributed by atoms with Gasteiger partial charge in [0.15, 0.2) is 6.61 Å². The van der Waals surface area contributed by atoms with Gasteiger partial charge in [-0.25, -0.2) is 4.79 Å². The molecule has 0 spiro atoms. The minimum atomic E-state index is -0.574. The topological polar surface area (TPSA) is 84.9 Å². The molecule has 2 aromatic carbocycles. The van der Waals surface area contributed by atoms with Crippen molar-refractivity contribution >= 4 is 29.2 Å². The summed E-state index contributed by atoms with van der Waals surface area (Å²) in [6, 6.07) is 13.7. The molecule has 0 aromatic heterocycles. The molecule has 3 rings (SSSR count). The second-order valence-electron chi connectivity index (χ2n) is 7.40. The van der Waals surface area contributed by atoms with Crippen molar-refractivity contribution in [2.45, 2.75) is 39.0 Å². The van der Waals surface area contributed by atoms with Gasteiger partial charge in [0.25, 0.3) is 5.91 Å². The fraction of sp³-hybridized carbons (Fsp3) is 0.375. The summed E-state index contributed by atoms with van der Waals surface area (Å²) in [5.74, 6) is -0.200. The largest absolute Gasteiger partial charge is 0.494 e. The van der Waals surface area contributed by atoms with Crippen LogP contribution < -0.4 is 15.0 Å². The summed E-state index contributed by atoms with van der Waals surface area (Å²) in [7, 11) is 0. The number of esters is 1. The van der Waals surface area contributed by atoms with Gasteiger partial charge in [-0.15, -0.1) is 0 Å². The van der Waals surface area contributed by atoms with Crippen LogP contribution in [0.5, 0.6) is 5.75 Å². The highest BCUT2D eigenvalue weighted by atomic mass is 16.5. The zero-order chi connectivity index (χ0) is 22.1. The van der Waals surface area contributed by atoms with E-state index in [9.17, 15) is 14.4 Å². The fourth-order valence-electron chi connectivity index (χ4n) is 3.29. The lowest BCUT2D eigenvalue weighted by Gasteiger charge is -2.16. The van der Waals surface area contributed by atoms with E-state index in [2.05, 4.69) is 12.2 Å². The molecule has 2 aromatic rings. The van der Waals surface area contributed by atoms with Crippen molar-refractivity contribution in [3.05, 3.63) is 54.1 Å². The Morgan fingerprint density at radius 2 is 1.77 bits per heavy atom. The average Bonchev–Trinajstić information content (AvgIpc) is 3.22. The first kappa shape index (κ1) is 22.3. The third-order valence-corrected chi connectivity index (χ3v) is 4.98. The van der Waals surface area contributed by atoms with Crippen LogP contribution in [0.25, 0.3) is 0 Å². The number of nitrogens with zero attached hydrogens (tertiary/aromatic N) is 1. The number of benzene rings is 2. The van der Waals surface area contributed by atoms with Crippen LogP contribution >= 0.6 is 0 Å². The maximum atomic E-state index is 12.2. The molecule has 7 nitrogen and oxygen atoms in total. The molecule has 0 radical (unpaired) electrons. The van der Waals surface area contributed by atoms with Crippen molar-refractivity contribution in [1.82, 2.24) is 0 Å². The number of hydrogen-bond acceptors (Lipinski definition) is 5. The Hall–Kier alpha value is -3.35. The number of unbranched alkanes of at least 4 members (excludes halogenated alkanes) is 2. The van der Waals surface area contributed by atoms with Crippen LogP contribution in [0.4, 0.5) is 11.4 Å². The predicted octanol–water partition coefficient (Wildman–Crippen LogP) is 4.18. The Balaban J connectivity index is 1.42. The van der Waals surface area contributed by atoms with Crippen LogP contribution in [0, 0.1) is 0 Å². The Kier molecular flexibility index (Phi) is 8.04. The standard InChI is InChI=1S/C24H28N2O5/c1-2-3-4-16-30-21-13-7-18(8-14-21)24(29)31-17-22(27)25-19-9-11-20(12-10-19)26-15-5-6-23(26)28/h7-14H,2-6,15-17H2,1H3,(H,25,27). The molecule has 1 N–H and O–H groups in total. The molecule has 0 bridgehead atoms. The monoisotopic (exact) mass is 424 g/mol. The van der Waals surface area contributed by atoms with Gasteiger partial charge >= 0.3 is 5.97 Å². The number of carbonyl (C=O) groups excluding carboxylic acids is 3. The first-order valence-electron chi connectivity index (χ1n) is 10.7. The third kappa shape index (κ3) is 6.57. The predicted molar refractivity (Wildman–Crippen MR) is 118 cm³/mol. The highest BCUT2D eigenvalue weighted by molar-refractivity contribution is 5.97. The summed E-state index contributed by atoms with van der Waals surface area (Å²) in [5.41, 5.74) is 1.74. The Morgan fingerprint density at radius 1 is 1.03 bits per heavy atom. The summed E-state index contributed by atoms with van der Waals surface area (Å²) >= 11 is 0. The average molecular weight is 424 g/mol. The minimum Gasteiger partial charge on any atom is -0.494 e. The molecule has 1 heterocycles. The Morgan fingerprint density at radius 3 is 2.42 bits per heavy atom. The molecule has 1 aliphatic heterocycles. The van der Waals surface area contributed by atoms with Gasteiger partial charge in [-0.05, 0) is 61.4 Å². The van der Waals surface area contributed by atoms with Crippen LogP contribution in [0.15, 0.2) is 48.5 Å². The molecular weight excluding hydrogens is 396 g/mol. The molecule has 0 aliphatic carbocycles. The van der Waals surface area contributed by atoms with E-state index in [0.717, 1.165) is 31.4 Å². The molecule has 0 atom stereocenters. The van der Waals surface area contributed by atoms with Gasteiger partial charge in [0.05, 0.1) is 12.2 Å². The molecule has 1 aliphatic rings. The van der Waals surface area contributed by atoms with Crippen LogP contribution in [0.3, 0.4) is 0 Å². The SMILES string of the molecule is CCCCCOc1ccc(C(=O)OCC(=O)Nc2ccc(N3CCCC3=O)cc2)cc1. The van der Waals surface area contributed by atoms with E-state index in [-0.39, 0.29) is 12.5 Å². The highest BCUT2D eigenvalue weighted by Crippen LogP contribution is 2.23. The Bertz CT molecular complexity index is 893. The molecule has 31 heavy (non-hydrogen) atoms. The molecular formula is C24H28N2O5. The summed E-state index contributed by atoms with van der Waals surface area (Å²) in [6.07, 6.45) is 4.67. The number of nitrogens with one attached hydrogen (secondary N) is 1. The van der Waals surface area contributed by atoms with E-state index < -0.39 is 11.9 Å². The molecule has 0 saturated carbocycles. The number of hydrogen-bond donors (Lipinski definition) is 1. The highest BCUT2D eigenvalue weighted by Gasteiger charge is 2.21. The fourth-order valence-corrected chi connectivity index (χ4v) is 3.29. The van der Waals surface area contributed by atoms with E-state index in [0.29, 0.717) is 36.6 Å². The lowest BCUT2D eigenvalue weighted by molar-refractivity contribution is -0.119. The summed E-state index contributed by atoms with van der Waals surface area (Å²) < 4.78 is 10.7. The van der Waals surface area contributed by atoms with Crippen molar-refractivity contribution in [3.8, 4) is 5.75 Å². The second-order valence-corrected chi connectivity index (χ2v) is 7.40. The number of amides is 2. The molecule has 1 fully saturated rings. The van der Waals surface area contributed by atoms with Crippen LogP contribution in [-0.4, -0.2) is 37.5 Å². The zero-order valence-corrected chi connectivity index (χ0v) is 17.8. The first-order valence-corrected chi connectivity index (χ1v) is 10.7. The minimum absolute atomic E-state index is 0.111. The van der Waals surface area contributed by atoms with E-state index in [4.69, 9.17) is 9.47 Å². The molecule has 2 amide bonds. The van der Waals surface area contributed by atoms with Gasteiger partial charge in [-0.1, -0.05) is 19.8 Å². The molecule has 1 saturated heterocycles. The van der Waals surface area contributed by atoms with E-state index >= 15 is 0 Å². The molecule has 7 heteroatoms. The van der Waals surface area contributed by atoms with Crippen molar-refractivity contribution in [1.29, 1.82) is 0 Å². The van der Waals surface area contributed by atoms with Crippen molar-refractivity contribution in [3.63, 3.8) is 0 Å². The van der Waals surface area contributed by atoms with Crippen LogP contribution in [-0.2, 0) is 14.3 Å². The summed E-state index contributed by atoms with van der Waals surface area (Å²) in [6.45, 7) is 3.11. The summed E-state index contributed by atoms with van der Waals surface area (Å²) in [4.78, 5) is 37.8. The van der Waals surface area contributed by atoms with Crippen LogP contribution in [0.1, 0.15) is 49.4 Å². The van der Waals surface area contributed by atoms with Gasteiger partial charge in [-0.3, -0.25) is 9.59 Å². The first-order chi connectivity index (χ1) is 15.1. The van der Waals surface area contributed by atoms with E-state index in [1.54, 1.807) is 53.4 Å². The van der Waals surface area contributed by atoms with Gasteiger partial charge in [0.2, 0.25) is 5.91 Å². The lowest BCUT2D eigenvalue weighted by Crippen LogP contribution is -2.23. The second kappa shape index (κ2) is 11.2. The molecule has 0 unspecified atom stereocenters. The van der Waals surface area contributed by atoms with E-state index in [1.807, 2.05) is 0 Å².